The van der Waals surface area contributed by atoms with Gasteiger partial charge in [0.15, 0.2) is 0 Å². The van der Waals surface area contributed by atoms with Crippen LogP contribution in [0.4, 0.5) is 8.78 Å². The molecule has 1 aromatic heterocycles. The van der Waals surface area contributed by atoms with Crippen LogP contribution < -0.4 is 15.0 Å². The van der Waals surface area contributed by atoms with Crippen molar-refractivity contribution in [3.8, 4) is 11.5 Å². The molecule has 1 N–H and O–H groups in total. The standard InChI is InChI=1S/C22H17Cl2F2NO5/c23-17-11-18(24)20(28)27(9-8-13-4-6-14(7-5-13)21(29)30)19(17)12-31-15-2-1-3-16(10-15)32-22(25)26/h1-7,10-11,22H,8-9,12H2,(H,29,30). The van der Waals surface area contributed by atoms with E-state index >= 15 is 0 Å². The van der Waals surface area contributed by atoms with Gasteiger partial charge in [-0.3, -0.25) is 4.79 Å². The van der Waals surface area contributed by atoms with Gasteiger partial charge in [0.1, 0.15) is 23.1 Å². The number of rotatable bonds is 9. The lowest BCUT2D eigenvalue weighted by Gasteiger charge is -2.16. The molecule has 3 aromatic rings. The van der Waals surface area contributed by atoms with Gasteiger partial charge in [0.05, 0.1) is 16.3 Å². The number of ether oxygens (including phenoxy) is 2. The van der Waals surface area contributed by atoms with Gasteiger partial charge in [-0.2, -0.15) is 8.78 Å². The Morgan fingerprint density at radius 2 is 1.72 bits per heavy atom. The Hall–Kier alpha value is -3.10. The van der Waals surface area contributed by atoms with Gasteiger partial charge in [-0.15, -0.1) is 0 Å². The molecule has 0 aliphatic carbocycles. The minimum absolute atomic E-state index is 0.0627. The summed E-state index contributed by atoms with van der Waals surface area (Å²) in [6.07, 6.45) is 0.404. The molecular weight excluding hydrogens is 467 g/mol. The van der Waals surface area contributed by atoms with Gasteiger partial charge in [0.25, 0.3) is 5.56 Å². The Labute approximate surface area is 191 Å². The molecule has 0 saturated heterocycles. The number of aryl methyl sites for hydroxylation is 1. The molecule has 168 valence electrons. The van der Waals surface area contributed by atoms with E-state index in [4.69, 9.17) is 33.0 Å². The molecule has 2 aromatic carbocycles. The first-order chi connectivity index (χ1) is 15.2. The second-order valence-corrected chi connectivity index (χ2v) is 7.45. The van der Waals surface area contributed by atoms with Crippen LogP contribution in [0.5, 0.6) is 11.5 Å². The Morgan fingerprint density at radius 1 is 1.03 bits per heavy atom. The average Bonchev–Trinajstić information content (AvgIpc) is 2.74. The lowest BCUT2D eigenvalue weighted by Crippen LogP contribution is -2.26. The molecule has 1 heterocycles. The highest BCUT2D eigenvalue weighted by atomic mass is 35.5. The molecule has 0 spiro atoms. The van der Waals surface area contributed by atoms with Gasteiger partial charge in [0.2, 0.25) is 0 Å². The van der Waals surface area contributed by atoms with Crippen LogP contribution in [0.1, 0.15) is 21.6 Å². The third-order valence-electron chi connectivity index (χ3n) is 4.54. The number of hydrogen-bond acceptors (Lipinski definition) is 4. The summed E-state index contributed by atoms with van der Waals surface area (Å²) in [5, 5.41) is 9.14. The first-order valence-corrected chi connectivity index (χ1v) is 10.1. The molecule has 0 bridgehead atoms. The number of hydrogen-bond donors (Lipinski definition) is 1. The highest BCUT2D eigenvalue weighted by Gasteiger charge is 2.15. The molecule has 3 rings (SSSR count). The monoisotopic (exact) mass is 483 g/mol. The number of carboxylic acid groups (broad SMARTS) is 1. The molecule has 0 fully saturated rings. The van der Waals surface area contributed by atoms with Crippen molar-refractivity contribution in [3.05, 3.63) is 91.8 Å². The summed E-state index contributed by atoms with van der Waals surface area (Å²) in [5.74, 6) is -0.851. The molecule has 10 heteroatoms. The van der Waals surface area contributed by atoms with Crippen molar-refractivity contribution in [2.45, 2.75) is 26.2 Å². The van der Waals surface area contributed by atoms with Gasteiger partial charge in [-0.1, -0.05) is 41.4 Å². The summed E-state index contributed by atoms with van der Waals surface area (Å²) in [7, 11) is 0. The molecule has 0 atom stereocenters. The third-order valence-corrected chi connectivity index (χ3v) is 5.13. The largest absolute Gasteiger partial charge is 0.487 e. The number of carboxylic acids is 1. The zero-order chi connectivity index (χ0) is 23.3. The first kappa shape index (κ1) is 23.6. The fourth-order valence-corrected chi connectivity index (χ4v) is 3.50. The van der Waals surface area contributed by atoms with Gasteiger partial charge in [0, 0.05) is 12.6 Å². The van der Waals surface area contributed by atoms with E-state index in [1.165, 1.54) is 41.0 Å². The smallest absolute Gasteiger partial charge is 0.387 e. The molecule has 0 aliphatic heterocycles. The normalized spacial score (nSPS) is 10.9. The van der Waals surface area contributed by atoms with E-state index in [-0.39, 0.29) is 40.3 Å². The maximum atomic E-state index is 12.6. The summed E-state index contributed by atoms with van der Waals surface area (Å²) >= 11 is 12.3. The minimum atomic E-state index is -2.97. The molecule has 0 unspecified atom stereocenters. The Kier molecular flexibility index (Phi) is 7.71. The summed E-state index contributed by atoms with van der Waals surface area (Å²) in [5.41, 5.74) is 0.848. The van der Waals surface area contributed by atoms with Gasteiger partial charge >= 0.3 is 12.6 Å². The second-order valence-electron chi connectivity index (χ2n) is 6.64. The van der Waals surface area contributed by atoms with Crippen molar-refractivity contribution in [1.82, 2.24) is 4.57 Å². The Balaban J connectivity index is 1.80. The third kappa shape index (κ3) is 5.99. The molecule has 0 radical (unpaired) electrons. The molecular formula is C22H17Cl2F2NO5. The Morgan fingerprint density at radius 3 is 2.38 bits per heavy atom. The average molecular weight is 484 g/mol. The number of halogens is 4. The van der Waals surface area contributed by atoms with Gasteiger partial charge in [-0.25, -0.2) is 4.79 Å². The predicted octanol–water partition coefficient (Wildman–Crippen LogP) is 5.28. The quantitative estimate of drug-likeness (QED) is 0.448. The van der Waals surface area contributed by atoms with Crippen molar-refractivity contribution < 1.29 is 28.2 Å². The fourth-order valence-electron chi connectivity index (χ4n) is 2.97. The number of aromatic carboxylic acids is 1. The van der Waals surface area contributed by atoms with Gasteiger partial charge in [-0.05, 0) is 42.3 Å². The lowest BCUT2D eigenvalue weighted by molar-refractivity contribution is -0.0499. The minimum Gasteiger partial charge on any atom is -0.487 e. The molecule has 6 nitrogen and oxygen atoms in total. The fraction of sp³-hybridized carbons (Fsp3) is 0.182. The first-order valence-electron chi connectivity index (χ1n) is 9.32. The highest BCUT2D eigenvalue weighted by molar-refractivity contribution is 6.34. The zero-order valence-electron chi connectivity index (χ0n) is 16.4. The van der Waals surface area contributed by atoms with Crippen LogP contribution in [0.2, 0.25) is 10.0 Å². The van der Waals surface area contributed by atoms with Crippen molar-refractivity contribution in [1.29, 1.82) is 0 Å². The maximum Gasteiger partial charge on any atom is 0.387 e. The van der Waals surface area contributed by atoms with Crippen molar-refractivity contribution in [2.75, 3.05) is 0 Å². The SMILES string of the molecule is O=C(O)c1ccc(CCn2c(COc3cccc(OC(F)F)c3)c(Cl)cc(Cl)c2=O)cc1. The number of benzene rings is 2. The Bertz CT molecular complexity index is 1170. The van der Waals surface area contributed by atoms with Gasteiger partial charge < -0.3 is 19.1 Å². The van der Waals surface area contributed by atoms with E-state index < -0.39 is 18.1 Å². The second kappa shape index (κ2) is 10.5. The van der Waals surface area contributed by atoms with Crippen LogP contribution in [0, 0.1) is 0 Å². The number of carbonyl (C=O) groups is 1. The molecule has 0 saturated carbocycles. The van der Waals surface area contributed by atoms with Crippen LogP contribution in [-0.4, -0.2) is 22.3 Å². The molecule has 0 aliphatic rings. The summed E-state index contributed by atoms with van der Waals surface area (Å²) in [6.45, 7) is -2.88. The van der Waals surface area contributed by atoms with Crippen LogP contribution in [0.25, 0.3) is 0 Å². The molecule has 32 heavy (non-hydrogen) atoms. The van der Waals surface area contributed by atoms with E-state index in [1.807, 2.05) is 0 Å². The van der Waals surface area contributed by atoms with Crippen LogP contribution >= 0.6 is 23.2 Å². The van der Waals surface area contributed by atoms with E-state index in [2.05, 4.69) is 4.74 Å². The van der Waals surface area contributed by atoms with Crippen molar-refractivity contribution in [2.24, 2.45) is 0 Å². The van der Waals surface area contributed by atoms with E-state index in [0.29, 0.717) is 12.1 Å². The summed E-state index contributed by atoms with van der Waals surface area (Å²) < 4.78 is 36.2. The van der Waals surface area contributed by atoms with Crippen molar-refractivity contribution in [3.63, 3.8) is 0 Å². The summed E-state index contributed by atoms with van der Waals surface area (Å²) in [4.78, 5) is 23.6. The van der Waals surface area contributed by atoms with Crippen molar-refractivity contribution >= 4 is 29.2 Å². The lowest BCUT2D eigenvalue weighted by atomic mass is 10.1. The number of nitrogens with zero attached hydrogens (tertiary/aromatic N) is 1. The maximum absolute atomic E-state index is 12.6. The summed E-state index contributed by atoms with van der Waals surface area (Å²) in [6, 6.07) is 13.3. The number of aromatic nitrogens is 1. The van der Waals surface area contributed by atoms with Crippen LogP contribution in [0.15, 0.2) is 59.4 Å². The van der Waals surface area contributed by atoms with Crippen LogP contribution in [0.3, 0.4) is 0 Å². The molecule has 0 amide bonds. The predicted molar refractivity (Wildman–Crippen MR) is 115 cm³/mol. The van der Waals surface area contributed by atoms with E-state index in [0.717, 1.165) is 5.56 Å². The van der Waals surface area contributed by atoms with Crippen LogP contribution in [-0.2, 0) is 19.6 Å². The van der Waals surface area contributed by atoms with E-state index in [9.17, 15) is 18.4 Å². The highest BCUT2D eigenvalue weighted by Crippen LogP contribution is 2.24. The zero-order valence-corrected chi connectivity index (χ0v) is 17.9. The number of alkyl halides is 2. The van der Waals surface area contributed by atoms with E-state index in [1.54, 1.807) is 18.2 Å². The topological polar surface area (TPSA) is 77.8 Å². The number of pyridine rings is 1.